The van der Waals surface area contributed by atoms with E-state index in [2.05, 4.69) is 0 Å². The Balaban J connectivity index is 0. The highest BCUT2D eigenvalue weighted by Crippen LogP contribution is 1.96. The zero-order valence-electron chi connectivity index (χ0n) is 7.56. The molecule has 0 bridgehead atoms. The summed E-state index contributed by atoms with van der Waals surface area (Å²) in [4.78, 5) is 10.1. The molecule has 86 valence electrons. The van der Waals surface area contributed by atoms with E-state index in [1.807, 2.05) is 0 Å². The topological polar surface area (TPSA) is 156 Å². The van der Waals surface area contributed by atoms with Gasteiger partial charge in [0.15, 0.2) is 0 Å². The summed E-state index contributed by atoms with van der Waals surface area (Å²) in [6.45, 7) is 0.604. The number of halogens is 1. The first-order valence-corrected chi connectivity index (χ1v) is 5.85. The molecule has 0 radical (unpaired) electrons. The molecule has 0 amide bonds. The molecule has 0 spiro atoms. The summed E-state index contributed by atoms with van der Waals surface area (Å²) in [7, 11) is 0. The molecule has 0 aliphatic carbocycles. The molecule has 0 saturated carbocycles. The molecule has 0 aliphatic rings. The van der Waals surface area contributed by atoms with Crippen molar-refractivity contribution in [2.24, 2.45) is 11.5 Å². The van der Waals surface area contributed by atoms with E-state index in [4.69, 9.17) is 29.2 Å². The van der Waals surface area contributed by atoms with Crippen molar-refractivity contribution in [1.29, 1.82) is 0 Å². The van der Waals surface area contributed by atoms with Crippen molar-refractivity contribution in [3.05, 3.63) is 0 Å². The Morgan fingerprint density at radius 2 is 1.86 bits per heavy atom. The summed E-state index contributed by atoms with van der Waals surface area (Å²) in [6.07, 6.45) is 2.16. The number of aliphatic carboxylic acids is 1. The van der Waals surface area contributed by atoms with Crippen LogP contribution in [0.1, 0.15) is 19.3 Å². The molecule has 0 aliphatic heterocycles. The maximum absolute atomic E-state index is 10.1. The van der Waals surface area contributed by atoms with Crippen molar-refractivity contribution >= 4 is 5.97 Å². The average Bonchev–Trinajstić information content (AvgIpc) is 2.03. The molecule has 0 heterocycles. The number of hydrogen-bond donors (Lipinski definition) is 4. The fraction of sp³-hybridized carbons (Fsp3) is 0.833. The van der Waals surface area contributed by atoms with Crippen LogP contribution in [0.25, 0.3) is 0 Å². The van der Waals surface area contributed by atoms with E-state index in [9.17, 15) is 4.79 Å². The molecular weight excluding hydrogens is 260 g/mol. The first kappa shape index (κ1) is 16.2. The smallest absolute Gasteiger partial charge is 0.433 e. The maximum Gasteiger partial charge on any atom is 0.433 e. The van der Waals surface area contributed by atoms with E-state index >= 15 is 0 Å². The van der Waals surface area contributed by atoms with Gasteiger partial charge in [0, 0.05) is 0 Å². The quantitative estimate of drug-likeness (QED) is 0.381. The third kappa shape index (κ3) is 17.7. The zero-order valence-corrected chi connectivity index (χ0v) is 9.14. The van der Waals surface area contributed by atoms with Crippen LogP contribution in [-0.2, 0) is 4.79 Å². The standard InChI is InChI=1S/C6H14N2O2.BrHO3/c7-4-2-1-3-5(8)6(9)10;2-1(3)4/h5H,1-4,7-8H2,(H,9,10);2H/t5-;/m1./s1. The molecule has 14 heavy (non-hydrogen) atoms. The second-order valence-corrected chi connectivity index (χ2v) is 3.27. The van der Waals surface area contributed by atoms with Crippen LogP contribution in [0.2, 0.25) is 0 Å². The first-order valence-electron chi connectivity index (χ1n) is 3.84. The summed E-state index contributed by atoms with van der Waals surface area (Å²) < 4.78 is 24.3. The van der Waals surface area contributed by atoms with Crippen molar-refractivity contribution in [3.63, 3.8) is 0 Å². The van der Waals surface area contributed by atoms with Crippen LogP contribution in [0.3, 0.4) is 0 Å². The van der Waals surface area contributed by atoms with E-state index in [0.717, 1.165) is 12.8 Å². The van der Waals surface area contributed by atoms with Crippen molar-refractivity contribution < 1.29 is 37.3 Å². The molecule has 8 heteroatoms. The molecular formula is C6H15BrN2O5. The van der Waals surface area contributed by atoms with Gasteiger partial charge >= 0.3 is 20.8 Å². The van der Waals surface area contributed by atoms with Gasteiger partial charge in [0.25, 0.3) is 0 Å². The SMILES string of the molecule is NCCCC[C@@H](N)C(=O)O.[O-][Br+2]([O-])O. The molecule has 7 nitrogen and oxygen atoms in total. The van der Waals surface area contributed by atoms with Crippen LogP contribution in [0, 0.1) is 14.8 Å². The molecule has 0 fully saturated rings. The zero-order chi connectivity index (χ0) is 11.6. The number of carboxylic acid groups (broad SMARTS) is 1. The van der Waals surface area contributed by atoms with Gasteiger partial charge in [0.05, 0.1) is 0 Å². The van der Waals surface area contributed by atoms with Gasteiger partial charge in [-0.05, 0) is 23.6 Å². The third-order valence-corrected chi connectivity index (χ3v) is 1.29. The van der Waals surface area contributed by atoms with E-state index in [1.54, 1.807) is 0 Å². The van der Waals surface area contributed by atoms with Gasteiger partial charge < -0.3 is 25.0 Å². The Kier molecular flexibility index (Phi) is 12.5. The molecule has 0 unspecified atom stereocenters. The second kappa shape index (κ2) is 10.8. The lowest BCUT2D eigenvalue weighted by Gasteiger charge is -2.03. The van der Waals surface area contributed by atoms with Gasteiger partial charge in [-0.2, -0.15) is 0 Å². The largest absolute Gasteiger partial charge is 0.480 e. The minimum Gasteiger partial charge on any atom is -0.480 e. The maximum atomic E-state index is 10.1. The number of rotatable bonds is 5. The second-order valence-electron chi connectivity index (χ2n) is 2.43. The van der Waals surface area contributed by atoms with Crippen molar-refractivity contribution in [3.8, 4) is 0 Å². The minimum atomic E-state index is -3.40. The monoisotopic (exact) mass is 274 g/mol. The van der Waals surface area contributed by atoms with Crippen LogP contribution in [0.4, 0.5) is 0 Å². The van der Waals surface area contributed by atoms with Gasteiger partial charge in [-0.3, -0.25) is 4.79 Å². The van der Waals surface area contributed by atoms with Gasteiger partial charge in [-0.25, -0.2) is 0 Å². The Hall–Kier alpha value is -0.250. The molecule has 0 aromatic rings. The molecule has 0 rings (SSSR count). The molecule has 0 saturated heterocycles. The van der Waals surface area contributed by atoms with Crippen LogP contribution < -0.4 is 19.9 Å². The number of carbonyl (C=O) groups is 1. The van der Waals surface area contributed by atoms with Gasteiger partial charge in [-0.1, -0.05) is 6.42 Å². The summed E-state index contributed by atoms with van der Waals surface area (Å²) >= 11 is -3.40. The normalized spacial score (nSPS) is 11.9. The van der Waals surface area contributed by atoms with Gasteiger partial charge in [0.2, 0.25) is 0 Å². The number of unbranched alkanes of at least 4 members (excludes halogenated alkanes) is 1. The van der Waals surface area contributed by atoms with Crippen molar-refractivity contribution in [1.82, 2.24) is 0 Å². The van der Waals surface area contributed by atoms with Crippen molar-refractivity contribution in [2.75, 3.05) is 6.54 Å². The van der Waals surface area contributed by atoms with Crippen LogP contribution >= 0.6 is 0 Å². The molecule has 6 N–H and O–H groups in total. The predicted molar refractivity (Wildman–Crippen MR) is 40.7 cm³/mol. The van der Waals surface area contributed by atoms with Crippen LogP contribution in [0.5, 0.6) is 0 Å². The average molecular weight is 275 g/mol. The van der Waals surface area contributed by atoms with Crippen molar-refractivity contribution in [2.45, 2.75) is 25.3 Å². The summed E-state index contributed by atoms with van der Waals surface area (Å²) in [5.41, 5.74) is 10.4. The lowest BCUT2D eigenvalue weighted by Crippen LogP contribution is -2.30. The van der Waals surface area contributed by atoms with Crippen LogP contribution in [0.15, 0.2) is 0 Å². The Morgan fingerprint density at radius 1 is 1.43 bits per heavy atom. The number of nitrogens with two attached hydrogens (primary N) is 2. The fourth-order valence-electron chi connectivity index (χ4n) is 0.632. The summed E-state index contributed by atoms with van der Waals surface area (Å²) in [5, 5.41) is 8.33. The van der Waals surface area contributed by atoms with E-state index in [-0.39, 0.29) is 0 Å². The highest BCUT2D eigenvalue weighted by Gasteiger charge is 2.09. The number of carboxylic acids is 1. The van der Waals surface area contributed by atoms with Gasteiger partial charge in [-0.15, -0.1) is 0 Å². The Morgan fingerprint density at radius 3 is 2.14 bits per heavy atom. The molecule has 0 aromatic carbocycles. The molecule has 1 atom stereocenters. The lowest BCUT2D eigenvalue weighted by molar-refractivity contribution is -1.63. The summed E-state index contributed by atoms with van der Waals surface area (Å²) in [6, 6.07) is -0.716. The van der Waals surface area contributed by atoms with E-state index in [1.165, 1.54) is 0 Å². The lowest BCUT2D eigenvalue weighted by atomic mass is 10.1. The minimum absolute atomic E-state index is 0.520. The number of hydrogen-bond acceptors (Lipinski definition) is 6. The Labute approximate surface area is 87.2 Å². The first-order chi connectivity index (χ1) is 6.41. The van der Waals surface area contributed by atoms with E-state index in [0.29, 0.717) is 13.0 Å². The predicted octanol–water partition coefficient (Wildman–Crippen LogP) is -3.41. The van der Waals surface area contributed by atoms with Gasteiger partial charge in [0.1, 0.15) is 6.04 Å². The molecule has 0 aromatic heterocycles. The fourth-order valence-corrected chi connectivity index (χ4v) is 0.632. The highest BCUT2D eigenvalue weighted by atomic mass is 80.0. The Bertz CT molecular complexity index is 143. The van der Waals surface area contributed by atoms with Crippen LogP contribution in [-0.4, -0.2) is 27.9 Å². The third-order valence-electron chi connectivity index (χ3n) is 1.29. The summed E-state index contributed by atoms with van der Waals surface area (Å²) in [5.74, 6) is -0.933. The van der Waals surface area contributed by atoms with E-state index < -0.39 is 26.8 Å². The highest BCUT2D eigenvalue weighted by molar-refractivity contribution is 5.72.